The molecule has 0 bridgehead atoms. The highest BCUT2D eigenvalue weighted by Gasteiger charge is 2.23. The number of benzene rings is 2. The molecule has 1 aliphatic heterocycles. The fourth-order valence-corrected chi connectivity index (χ4v) is 4.04. The Morgan fingerprint density at radius 3 is 2.57 bits per heavy atom. The Morgan fingerprint density at radius 2 is 1.79 bits per heavy atom. The predicted molar refractivity (Wildman–Crippen MR) is 118 cm³/mol. The van der Waals surface area contributed by atoms with Crippen LogP contribution in [0.4, 0.5) is 5.69 Å². The molecule has 1 amide bonds. The van der Waals surface area contributed by atoms with E-state index in [0.717, 1.165) is 52.0 Å². The van der Waals surface area contributed by atoms with Crippen LogP contribution >= 0.6 is 11.8 Å². The predicted octanol–water partition coefficient (Wildman–Crippen LogP) is 5.34. The molecule has 0 unspecified atom stereocenters. The molecule has 0 atom stereocenters. The normalized spacial score (nSPS) is 15.7. The molecule has 2 aromatic rings. The van der Waals surface area contributed by atoms with Crippen LogP contribution in [0.1, 0.15) is 35.1 Å². The summed E-state index contributed by atoms with van der Waals surface area (Å²) < 4.78 is 5.87. The zero-order valence-corrected chi connectivity index (χ0v) is 17.9. The van der Waals surface area contributed by atoms with Gasteiger partial charge in [0.05, 0.1) is 18.7 Å². The third-order valence-electron chi connectivity index (χ3n) is 4.79. The lowest BCUT2D eigenvalue weighted by molar-refractivity contribution is -0.127. The average molecular weight is 397 g/mol. The maximum absolute atomic E-state index is 12.8. The summed E-state index contributed by atoms with van der Waals surface area (Å²) in [5, 5.41) is 0.802. The first kappa shape index (κ1) is 20.5. The van der Waals surface area contributed by atoms with Crippen molar-refractivity contribution in [3.8, 4) is 5.75 Å². The van der Waals surface area contributed by atoms with Gasteiger partial charge in [0.1, 0.15) is 5.75 Å². The summed E-state index contributed by atoms with van der Waals surface area (Å²) in [6, 6.07) is 12.4. The Morgan fingerprint density at radius 1 is 1.07 bits per heavy atom. The van der Waals surface area contributed by atoms with Crippen LogP contribution in [-0.4, -0.2) is 34.9 Å². The standard InChI is InChI=1S/C23H28N2O2S/c1-16-6-8-18(3)20(14-16)24-23-25(11-5-13-28-23)22(26)10-12-27-21-15-17(2)7-9-19(21)4/h6-9,14-15H,5,10-13H2,1-4H3. The number of hydrogen-bond donors (Lipinski definition) is 0. The van der Waals surface area contributed by atoms with Crippen molar-refractivity contribution >= 4 is 28.5 Å². The van der Waals surface area contributed by atoms with Gasteiger partial charge in [-0.3, -0.25) is 9.69 Å². The molecule has 2 aromatic carbocycles. The van der Waals surface area contributed by atoms with Gasteiger partial charge in [-0.2, -0.15) is 0 Å². The highest BCUT2D eigenvalue weighted by Crippen LogP contribution is 2.26. The Labute approximate surface area is 172 Å². The van der Waals surface area contributed by atoms with Gasteiger partial charge < -0.3 is 4.74 Å². The minimum Gasteiger partial charge on any atom is -0.493 e. The van der Waals surface area contributed by atoms with Gasteiger partial charge in [0.15, 0.2) is 5.17 Å². The third-order valence-corrected chi connectivity index (χ3v) is 5.85. The monoisotopic (exact) mass is 396 g/mol. The molecule has 1 aliphatic rings. The molecule has 1 saturated heterocycles. The maximum Gasteiger partial charge on any atom is 0.231 e. The van der Waals surface area contributed by atoms with Gasteiger partial charge in [0, 0.05) is 12.3 Å². The Kier molecular flexibility index (Phi) is 6.79. The third kappa shape index (κ3) is 5.16. The van der Waals surface area contributed by atoms with Crippen molar-refractivity contribution in [1.29, 1.82) is 0 Å². The first-order chi connectivity index (χ1) is 13.4. The van der Waals surface area contributed by atoms with Gasteiger partial charge in [0.25, 0.3) is 0 Å². The highest BCUT2D eigenvalue weighted by molar-refractivity contribution is 8.13. The van der Waals surface area contributed by atoms with Gasteiger partial charge in [0.2, 0.25) is 5.91 Å². The van der Waals surface area contributed by atoms with Gasteiger partial charge in [-0.05, 0) is 68.5 Å². The van der Waals surface area contributed by atoms with Crippen molar-refractivity contribution < 1.29 is 9.53 Å². The number of hydrogen-bond acceptors (Lipinski definition) is 4. The second kappa shape index (κ2) is 9.28. The smallest absolute Gasteiger partial charge is 0.231 e. The van der Waals surface area contributed by atoms with E-state index in [1.54, 1.807) is 11.8 Å². The van der Waals surface area contributed by atoms with Crippen LogP contribution in [0.3, 0.4) is 0 Å². The number of carbonyl (C=O) groups excluding carboxylic acids is 1. The Hall–Kier alpha value is -2.27. The molecular formula is C23H28N2O2S. The summed E-state index contributed by atoms with van der Waals surface area (Å²) >= 11 is 1.66. The Balaban J connectivity index is 1.67. The van der Waals surface area contributed by atoms with Gasteiger partial charge in [-0.25, -0.2) is 4.99 Å². The van der Waals surface area contributed by atoms with Crippen molar-refractivity contribution in [2.45, 2.75) is 40.5 Å². The quantitative estimate of drug-likeness (QED) is 0.685. The van der Waals surface area contributed by atoms with E-state index >= 15 is 0 Å². The number of aliphatic imine (C=N–C) groups is 1. The second-order valence-electron chi connectivity index (χ2n) is 7.30. The summed E-state index contributed by atoms with van der Waals surface area (Å²) in [5.41, 5.74) is 5.47. The zero-order chi connectivity index (χ0) is 20.1. The molecule has 0 aromatic heterocycles. The van der Waals surface area contributed by atoms with Gasteiger partial charge in [-0.1, -0.05) is 36.0 Å². The van der Waals surface area contributed by atoms with Crippen LogP contribution in [0.25, 0.3) is 0 Å². The lowest BCUT2D eigenvalue weighted by Gasteiger charge is -2.28. The van der Waals surface area contributed by atoms with Gasteiger partial charge >= 0.3 is 0 Å². The number of carbonyl (C=O) groups is 1. The molecule has 4 nitrogen and oxygen atoms in total. The van der Waals surface area contributed by atoms with E-state index in [4.69, 9.17) is 9.73 Å². The SMILES string of the molecule is Cc1ccc(C)c(N=C2SCCCN2C(=O)CCOc2cc(C)ccc2C)c1. The zero-order valence-electron chi connectivity index (χ0n) is 17.1. The van der Waals surface area contributed by atoms with Crippen LogP contribution < -0.4 is 4.74 Å². The molecule has 5 heteroatoms. The summed E-state index contributed by atoms with van der Waals surface area (Å²) in [6.45, 7) is 9.27. The number of rotatable bonds is 5. The number of aryl methyl sites for hydroxylation is 4. The summed E-state index contributed by atoms with van der Waals surface area (Å²) in [4.78, 5) is 19.5. The first-order valence-electron chi connectivity index (χ1n) is 9.73. The van der Waals surface area contributed by atoms with Crippen LogP contribution in [0.5, 0.6) is 5.75 Å². The molecule has 28 heavy (non-hydrogen) atoms. The minimum absolute atomic E-state index is 0.0709. The summed E-state index contributed by atoms with van der Waals surface area (Å²) in [6.07, 6.45) is 1.33. The highest BCUT2D eigenvalue weighted by atomic mass is 32.2. The maximum atomic E-state index is 12.8. The molecule has 1 fully saturated rings. The van der Waals surface area contributed by atoms with Crippen LogP contribution in [0.15, 0.2) is 41.4 Å². The molecular weight excluding hydrogens is 368 g/mol. The molecule has 0 saturated carbocycles. The van der Waals surface area contributed by atoms with Crippen molar-refractivity contribution in [3.05, 3.63) is 58.7 Å². The van der Waals surface area contributed by atoms with Crippen LogP contribution in [0, 0.1) is 27.7 Å². The molecule has 0 aliphatic carbocycles. The van der Waals surface area contributed by atoms with E-state index in [2.05, 4.69) is 38.1 Å². The van der Waals surface area contributed by atoms with Crippen molar-refractivity contribution in [2.24, 2.45) is 4.99 Å². The molecule has 0 spiro atoms. The fraction of sp³-hybridized carbons (Fsp3) is 0.391. The van der Waals surface area contributed by atoms with Crippen LogP contribution in [0.2, 0.25) is 0 Å². The van der Waals surface area contributed by atoms with Crippen molar-refractivity contribution in [3.63, 3.8) is 0 Å². The van der Waals surface area contributed by atoms with Crippen LogP contribution in [-0.2, 0) is 4.79 Å². The lowest BCUT2D eigenvalue weighted by atomic mass is 10.1. The van der Waals surface area contributed by atoms with Crippen molar-refractivity contribution in [1.82, 2.24) is 4.90 Å². The lowest BCUT2D eigenvalue weighted by Crippen LogP contribution is -2.39. The molecule has 1 heterocycles. The van der Waals surface area contributed by atoms with E-state index in [9.17, 15) is 4.79 Å². The number of amidine groups is 1. The van der Waals surface area contributed by atoms with Crippen molar-refractivity contribution in [2.75, 3.05) is 18.9 Å². The number of nitrogens with zero attached hydrogens (tertiary/aromatic N) is 2. The molecule has 148 valence electrons. The Bertz CT molecular complexity index is 892. The molecule has 3 rings (SSSR count). The minimum atomic E-state index is 0.0709. The summed E-state index contributed by atoms with van der Waals surface area (Å²) in [5.74, 6) is 1.92. The number of amides is 1. The summed E-state index contributed by atoms with van der Waals surface area (Å²) in [7, 11) is 0. The largest absolute Gasteiger partial charge is 0.493 e. The second-order valence-corrected chi connectivity index (χ2v) is 8.36. The fourth-order valence-electron chi connectivity index (χ4n) is 3.07. The molecule has 0 N–H and O–H groups in total. The topological polar surface area (TPSA) is 41.9 Å². The number of ether oxygens (including phenoxy) is 1. The first-order valence-corrected chi connectivity index (χ1v) is 10.7. The number of thioether (sulfide) groups is 1. The van der Waals surface area contributed by atoms with E-state index in [1.165, 1.54) is 5.56 Å². The van der Waals surface area contributed by atoms with E-state index in [0.29, 0.717) is 13.0 Å². The van der Waals surface area contributed by atoms with E-state index < -0.39 is 0 Å². The van der Waals surface area contributed by atoms with E-state index in [-0.39, 0.29) is 5.91 Å². The average Bonchev–Trinajstić information content (AvgIpc) is 2.68. The molecule has 0 radical (unpaired) electrons. The van der Waals surface area contributed by atoms with Gasteiger partial charge in [-0.15, -0.1) is 0 Å². The van der Waals surface area contributed by atoms with E-state index in [1.807, 2.05) is 30.9 Å².